The number of hydrogen-bond acceptors (Lipinski definition) is 6. The molecule has 0 aromatic heterocycles. The zero-order chi connectivity index (χ0) is 17.3. The van der Waals surface area contributed by atoms with E-state index < -0.39 is 17.7 Å². The van der Waals surface area contributed by atoms with Gasteiger partial charge in [-0.1, -0.05) is 36.9 Å². The highest BCUT2D eigenvalue weighted by molar-refractivity contribution is 5.88. The number of carbonyl (C=O) groups is 2. The summed E-state index contributed by atoms with van der Waals surface area (Å²) >= 11 is 0. The first-order chi connectivity index (χ1) is 11.0. The first-order valence-corrected chi connectivity index (χ1v) is 7.16. The van der Waals surface area contributed by atoms with Crippen molar-refractivity contribution in [3.63, 3.8) is 0 Å². The number of hydrogen-bond donors (Lipinski definition) is 0. The van der Waals surface area contributed by atoms with Gasteiger partial charge < -0.3 is 14.2 Å². The Balaban J connectivity index is 3.14. The third-order valence-corrected chi connectivity index (χ3v) is 2.97. The van der Waals surface area contributed by atoms with Crippen molar-refractivity contribution < 1.29 is 23.8 Å². The molecule has 0 spiro atoms. The van der Waals surface area contributed by atoms with Crippen molar-refractivity contribution in [3.8, 4) is 6.07 Å². The van der Waals surface area contributed by atoms with Crippen LogP contribution in [0.15, 0.2) is 42.5 Å². The summed E-state index contributed by atoms with van der Waals surface area (Å²) in [7, 11) is 0. The van der Waals surface area contributed by atoms with Gasteiger partial charge in [0.1, 0.15) is 6.07 Å². The van der Waals surface area contributed by atoms with Crippen LogP contribution in [0, 0.1) is 11.3 Å². The van der Waals surface area contributed by atoms with Gasteiger partial charge in [-0.3, -0.25) is 0 Å². The topological polar surface area (TPSA) is 85.6 Å². The van der Waals surface area contributed by atoms with Gasteiger partial charge in [0.05, 0.1) is 13.2 Å². The predicted molar refractivity (Wildman–Crippen MR) is 82.2 cm³/mol. The molecular formula is C17H19NO5. The van der Waals surface area contributed by atoms with Crippen LogP contribution in [0.1, 0.15) is 25.8 Å². The standard InChI is InChI=1S/C17H19NO5/c1-4-21-15(19)13(3)11-17(12-18,23-16(20)22-5-2)14-9-7-6-8-10-14/h6-10H,3-5,11H2,1-2H3. The van der Waals surface area contributed by atoms with Crippen molar-refractivity contribution in [2.75, 3.05) is 13.2 Å². The zero-order valence-electron chi connectivity index (χ0n) is 13.2. The first kappa shape index (κ1) is 18.2. The Morgan fingerprint density at radius 3 is 2.30 bits per heavy atom. The molecule has 0 bridgehead atoms. The van der Waals surface area contributed by atoms with Gasteiger partial charge in [-0.2, -0.15) is 5.26 Å². The molecule has 0 aliphatic rings. The van der Waals surface area contributed by atoms with Gasteiger partial charge in [-0.05, 0) is 13.8 Å². The van der Waals surface area contributed by atoms with Gasteiger partial charge in [0, 0.05) is 17.6 Å². The summed E-state index contributed by atoms with van der Waals surface area (Å²) in [4.78, 5) is 23.5. The maximum Gasteiger partial charge on any atom is 0.510 e. The minimum atomic E-state index is -1.71. The molecule has 1 rings (SSSR count). The molecule has 23 heavy (non-hydrogen) atoms. The van der Waals surface area contributed by atoms with Gasteiger partial charge in [-0.25, -0.2) is 9.59 Å². The van der Waals surface area contributed by atoms with E-state index in [1.807, 2.05) is 6.07 Å². The molecule has 0 saturated carbocycles. The fourth-order valence-corrected chi connectivity index (χ4v) is 1.93. The molecule has 1 aromatic carbocycles. The third-order valence-electron chi connectivity index (χ3n) is 2.97. The lowest BCUT2D eigenvalue weighted by Gasteiger charge is -2.26. The van der Waals surface area contributed by atoms with Crippen LogP contribution in [-0.4, -0.2) is 25.3 Å². The molecule has 0 radical (unpaired) electrons. The van der Waals surface area contributed by atoms with Crippen molar-refractivity contribution in [1.29, 1.82) is 5.26 Å². The van der Waals surface area contributed by atoms with Crippen LogP contribution in [0.4, 0.5) is 4.79 Å². The van der Waals surface area contributed by atoms with E-state index in [1.54, 1.807) is 44.2 Å². The van der Waals surface area contributed by atoms with Gasteiger partial charge in [0.15, 0.2) is 0 Å². The highest BCUT2D eigenvalue weighted by Crippen LogP contribution is 2.32. The molecule has 0 amide bonds. The molecule has 0 aliphatic heterocycles. The van der Waals surface area contributed by atoms with E-state index in [-0.39, 0.29) is 25.2 Å². The molecule has 122 valence electrons. The molecule has 0 aliphatic carbocycles. The minimum absolute atomic E-state index is 0.0292. The Kier molecular flexibility index (Phi) is 6.81. The highest BCUT2D eigenvalue weighted by atomic mass is 16.7. The molecule has 6 nitrogen and oxygen atoms in total. The number of nitrogens with zero attached hydrogens (tertiary/aromatic N) is 1. The Morgan fingerprint density at radius 1 is 1.17 bits per heavy atom. The summed E-state index contributed by atoms with van der Waals surface area (Å²) in [5, 5.41) is 9.63. The number of esters is 1. The Hall–Kier alpha value is -2.81. The average Bonchev–Trinajstić information content (AvgIpc) is 2.55. The number of ether oxygens (including phenoxy) is 3. The normalized spacial score (nSPS) is 12.4. The van der Waals surface area contributed by atoms with Crippen LogP contribution < -0.4 is 0 Å². The van der Waals surface area contributed by atoms with Crippen LogP contribution in [0.5, 0.6) is 0 Å². The van der Waals surface area contributed by atoms with E-state index >= 15 is 0 Å². The molecule has 0 N–H and O–H groups in total. The largest absolute Gasteiger partial charge is 0.510 e. The first-order valence-electron chi connectivity index (χ1n) is 7.16. The fraction of sp³-hybridized carbons (Fsp3) is 0.353. The number of rotatable bonds is 7. The number of nitriles is 1. The van der Waals surface area contributed by atoms with E-state index in [0.717, 1.165) is 0 Å². The summed E-state index contributed by atoms with van der Waals surface area (Å²) in [6.07, 6.45) is -1.21. The molecule has 1 aromatic rings. The lowest BCUT2D eigenvalue weighted by molar-refractivity contribution is -0.139. The summed E-state index contributed by atoms with van der Waals surface area (Å²) < 4.78 is 14.8. The van der Waals surface area contributed by atoms with Crippen molar-refractivity contribution in [2.45, 2.75) is 25.9 Å². The van der Waals surface area contributed by atoms with E-state index in [1.165, 1.54) is 0 Å². The van der Waals surface area contributed by atoms with E-state index in [0.29, 0.717) is 5.56 Å². The van der Waals surface area contributed by atoms with Crippen LogP contribution in [0.3, 0.4) is 0 Å². The lowest BCUT2D eigenvalue weighted by Crippen LogP contribution is -2.33. The van der Waals surface area contributed by atoms with Crippen molar-refractivity contribution in [3.05, 3.63) is 48.0 Å². The SMILES string of the molecule is C=C(CC(C#N)(OC(=O)OCC)c1ccccc1)C(=O)OCC. The quantitative estimate of drug-likeness (QED) is 0.567. The van der Waals surface area contributed by atoms with Gasteiger partial charge in [-0.15, -0.1) is 0 Å². The highest BCUT2D eigenvalue weighted by Gasteiger charge is 2.39. The molecular weight excluding hydrogens is 298 g/mol. The van der Waals surface area contributed by atoms with Crippen LogP contribution in [0.2, 0.25) is 0 Å². The van der Waals surface area contributed by atoms with E-state index in [4.69, 9.17) is 14.2 Å². The fourth-order valence-electron chi connectivity index (χ4n) is 1.93. The second kappa shape index (κ2) is 8.59. The summed E-state index contributed by atoms with van der Waals surface area (Å²) in [6.45, 7) is 7.20. The predicted octanol–water partition coefficient (Wildman–Crippen LogP) is 3.09. The molecule has 6 heteroatoms. The summed E-state index contributed by atoms with van der Waals surface area (Å²) in [5.74, 6) is -0.643. The second-order valence-corrected chi connectivity index (χ2v) is 4.59. The maximum absolute atomic E-state index is 11.8. The third kappa shape index (κ3) is 4.85. The molecule has 0 saturated heterocycles. The van der Waals surface area contributed by atoms with Crippen molar-refractivity contribution in [2.24, 2.45) is 0 Å². The van der Waals surface area contributed by atoms with Gasteiger partial charge in [0.2, 0.25) is 5.60 Å². The Labute approximate surface area is 135 Å². The van der Waals surface area contributed by atoms with Crippen molar-refractivity contribution >= 4 is 12.1 Å². The lowest BCUT2D eigenvalue weighted by atomic mass is 9.88. The molecule has 0 heterocycles. The Bertz CT molecular complexity index is 605. The zero-order valence-corrected chi connectivity index (χ0v) is 13.2. The van der Waals surface area contributed by atoms with Crippen molar-refractivity contribution in [1.82, 2.24) is 0 Å². The summed E-state index contributed by atoms with van der Waals surface area (Å²) in [5.41, 5.74) is -1.26. The minimum Gasteiger partial charge on any atom is -0.463 e. The van der Waals surface area contributed by atoms with E-state index in [2.05, 4.69) is 6.58 Å². The molecule has 1 atom stereocenters. The Morgan fingerprint density at radius 2 is 1.78 bits per heavy atom. The van der Waals surface area contributed by atoms with Gasteiger partial charge >= 0.3 is 12.1 Å². The van der Waals surface area contributed by atoms with Crippen LogP contribution in [-0.2, 0) is 24.6 Å². The second-order valence-electron chi connectivity index (χ2n) is 4.59. The van der Waals surface area contributed by atoms with E-state index in [9.17, 15) is 14.9 Å². The number of benzene rings is 1. The average molecular weight is 317 g/mol. The maximum atomic E-state index is 11.8. The van der Waals surface area contributed by atoms with Gasteiger partial charge in [0.25, 0.3) is 0 Å². The smallest absolute Gasteiger partial charge is 0.463 e. The number of carbonyl (C=O) groups excluding carboxylic acids is 2. The monoisotopic (exact) mass is 317 g/mol. The summed E-state index contributed by atoms with van der Waals surface area (Å²) in [6, 6.07) is 10.4. The van der Waals surface area contributed by atoms with Crippen LogP contribution >= 0.6 is 0 Å². The van der Waals surface area contributed by atoms with Crippen LogP contribution in [0.25, 0.3) is 0 Å². The molecule has 0 fully saturated rings. The molecule has 1 unspecified atom stereocenters.